The van der Waals surface area contributed by atoms with E-state index in [2.05, 4.69) is 9.97 Å². The zero-order valence-corrected chi connectivity index (χ0v) is 9.83. The normalized spacial score (nSPS) is 10.4. The van der Waals surface area contributed by atoms with Crippen LogP contribution >= 0.6 is 0 Å². The average Bonchev–Trinajstić information content (AvgIpc) is 2.70. The van der Waals surface area contributed by atoms with Crippen LogP contribution in [0.3, 0.4) is 0 Å². The second-order valence-electron chi connectivity index (χ2n) is 3.72. The molecular formula is C11H11FN4O2. The van der Waals surface area contributed by atoms with E-state index in [9.17, 15) is 9.18 Å². The molecule has 1 N–H and O–H groups in total. The number of nitrogens with zero attached hydrogens (tertiary/aromatic N) is 4. The van der Waals surface area contributed by atoms with E-state index < -0.39 is 11.9 Å². The van der Waals surface area contributed by atoms with E-state index in [4.69, 9.17) is 5.11 Å². The number of hydrogen-bond acceptors (Lipinski definition) is 3. The molecule has 1 amide bonds. The van der Waals surface area contributed by atoms with Crippen LogP contribution < -0.4 is 5.01 Å². The van der Waals surface area contributed by atoms with Crippen molar-refractivity contribution in [2.75, 3.05) is 12.1 Å². The summed E-state index contributed by atoms with van der Waals surface area (Å²) in [6.45, 7) is 1.66. The third-order valence-corrected chi connectivity index (χ3v) is 2.46. The summed E-state index contributed by atoms with van der Waals surface area (Å²) in [4.78, 5) is 18.8. The molecule has 0 aliphatic heterocycles. The summed E-state index contributed by atoms with van der Waals surface area (Å²) < 4.78 is 14.4. The minimum atomic E-state index is -1.11. The summed E-state index contributed by atoms with van der Waals surface area (Å²) in [6, 6.07) is 1.29. The maximum absolute atomic E-state index is 13.0. The average molecular weight is 250 g/mol. The number of hydrogen-bond donors (Lipinski definition) is 1. The summed E-state index contributed by atoms with van der Waals surface area (Å²) in [5.74, 6) is 0.0189. The van der Waals surface area contributed by atoms with Crippen molar-refractivity contribution < 1.29 is 14.3 Å². The van der Waals surface area contributed by atoms with Gasteiger partial charge in [0.2, 0.25) is 0 Å². The van der Waals surface area contributed by atoms with Crippen LogP contribution in [-0.2, 0) is 0 Å². The number of amides is 1. The lowest BCUT2D eigenvalue weighted by molar-refractivity contribution is 0.196. The van der Waals surface area contributed by atoms with E-state index in [1.54, 1.807) is 6.92 Å². The first kappa shape index (κ1) is 12.0. The van der Waals surface area contributed by atoms with Crippen molar-refractivity contribution in [3.05, 3.63) is 36.3 Å². The second kappa shape index (κ2) is 4.44. The number of halogens is 1. The Morgan fingerprint density at radius 3 is 2.83 bits per heavy atom. The molecule has 0 aliphatic rings. The highest BCUT2D eigenvalue weighted by Crippen LogP contribution is 2.18. The molecule has 0 bridgehead atoms. The highest BCUT2D eigenvalue weighted by Gasteiger charge is 2.14. The number of carbonyl (C=O) groups is 1. The zero-order chi connectivity index (χ0) is 13.3. The fourth-order valence-electron chi connectivity index (χ4n) is 1.55. The summed E-state index contributed by atoms with van der Waals surface area (Å²) in [6.07, 6.45) is 2.96. The highest BCUT2D eigenvalue weighted by molar-refractivity contribution is 5.76. The number of aryl methyl sites for hydroxylation is 1. The van der Waals surface area contributed by atoms with Gasteiger partial charge in [-0.25, -0.2) is 23.9 Å². The minimum absolute atomic E-state index is 0.465. The Hall–Kier alpha value is -2.44. The molecule has 0 saturated heterocycles. The van der Waals surface area contributed by atoms with Gasteiger partial charge in [0.05, 0.1) is 18.1 Å². The van der Waals surface area contributed by atoms with Crippen LogP contribution in [0.2, 0.25) is 0 Å². The molecule has 0 fully saturated rings. The van der Waals surface area contributed by atoms with Crippen molar-refractivity contribution in [1.82, 2.24) is 14.6 Å². The standard InChI is InChI=1S/C11H11FN4O2/c1-7-14-10(6-16(7)15(2)11(17)18)8-3-9(12)5-13-4-8/h3-6H,1-2H3,(H,17,18). The molecule has 6 nitrogen and oxygen atoms in total. The minimum Gasteiger partial charge on any atom is -0.464 e. The van der Waals surface area contributed by atoms with Crippen molar-refractivity contribution in [2.24, 2.45) is 0 Å². The lowest BCUT2D eigenvalue weighted by atomic mass is 10.2. The molecule has 2 rings (SSSR count). The van der Waals surface area contributed by atoms with Gasteiger partial charge in [-0.15, -0.1) is 0 Å². The molecule has 0 radical (unpaired) electrons. The van der Waals surface area contributed by atoms with Gasteiger partial charge in [0, 0.05) is 18.8 Å². The van der Waals surface area contributed by atoms with E-state index in [0.29, 0.717) is 17.1 Å². The molecular weight excluding hydrogens is 239 g/mol. The molecule has 7 heteroatoms. The smallest absolute Gasteiger partial charge is 0.426 e. The van der Waals surface area contributed by atoms with Crippen molar-refractivity contribution in [3.8, 4) is 11.3 Å². The molecule has 2 heterocycles. The van der Waals surface area contributed by atoms with Gasteiger partial charge < -0.3 is 5.11 Å². The molecule has 2 aromatic rings. The van der Waals surface area contributed by atoms with Crippen molar-refractivity contribution in [3.63, 3.8) is 0 Å². The van der Waals surface area contributed by atoms with Gasteiger partial charge in [-0.1, -0.05) is 0 Å². The Kier molecular flexibility index (Phi) is 2.97. The Morgan fingerprint density at radius 1 is 1.50 bits per heavy atom. The first-order chi connectivity index (χ1) is 8.49. The second-order valence-corrected chi connectivity index (χ2v) is 3.72. The molecule has 2 aromatic heterocycles. The van der Waals surface area contributed by atoms with Crippen LogP contribution in [0.5, 0.6) is 0 Å². The molecule has 18 heavy (non-hydrogen) atoms. The SMILES string of the molecule is Cc1nc(-c2cncc(F)c2)cn1N(C)C(=O)O. The molecule has 0 aromatic carbocycles. The summed E-state index contributed by atoms with van der Waals surface area (Å²) >= 11 is 0. The number of rotatable bonds is 2. The quantitative estimate of drug-likeness (QED) is 0.879. The van der Waals surface area contributed by atoms with Crippen LogP contribution in [0.25, 0.3) is 11.3 Å². The van der Waals surface area contributed by atoms with Gasteiger partial charge in [-0.05, 0) is 13.0 Å². The van der Waals surface area contributed by atoms with E-state index in [1.807, 2.05) is 0 Å². The molecule has 0 spiro atoms. The molecule has 0 aliphatic carbocycles. The van der Waals surface area contributed by atoms with E-state index in [1.165, 1.54) is 30.2 Å². The largest absolute Gasteiger partial charge is 0.464 e. The van der Waals surface area contributed by atoms with Crippen LogP contribution in [0.4, 0.5) is 9.18 Å². The number of aromatic nitrogens is 3. The van der Waals surface area contributed by atoms with E-state index >= 15 is 0 Å². The topological polar surface area (TPSA) is 71.2 Å². The predicted molar refractivity (Wildman–Crippen MR) is 62.3 cm³/mol. The fraction of sp³-hybridized carbons (Fsp3) is 0.182. The van der Waals surface area contributed by atoms with Crippen molar-refractivity contribution >= 4 is 6.09 Å². The number of imidazole rings is 1. The van der Waals surface area contributed by atoms with Gasteiger partial charge in [-0.2, -0.15) is 0 Å². The van der Waals surface area contributed by atoms with Gasteiger partial charge in [0.25, 0.3) is 0 Å². The summed E-state index contributed by atoms with van der Waals surface area (Å²) in [5, 5.41) is 9.87. The highest BCUT2D eigenvalue weighted by atomic mass is 19.1. The molecule has 0 atom stereocenters. The lowest BCUT2D eigenvalue weighted by Gasteiger charge is -2.14. The molecule has 0 unspecified atom stereocenters. The Morgan fingerprint density at radius 2 is 2.22 bits per heavy atom. The fourth-order valence-corrected chi connectivity index (χ4v) is 1.55. The summed E-state index contributed by atoms with van der Waals surface area (Å²) in [7, 11) is 1.39. The van der Waals surface area contributed by atoms with Gasteiger partial charge >= 0.3 is 6.09 Å². The first-order valence-corrected chi connectivity index (χ1v) is 5.13. The number of carboxylic acid groups (broad SMARTS) is 1. The monoisotopic (exact) mass is 250 g/mol. The van der Waals surface area contributed by atoms with Gasteiger partial charge in [0.15, 0.2) is 0 Å². The first-order valence-electron chi connectivity index (χ1n) is 5.13. The third-order valence-electron chi connectivity index (χ3n) is 2.46. The summed E-state index contributed by atoms with van der Waals surface area (Å²) in [5.41, 5.74) is 0.961. The third kappa shape index (κ3) is 2.15. The predicted octanol–water partition coefficient (Wildman–Crippen LogP) is 1.64. The van der Waals surface area contributed by atoms with Crippen LogP contribution in [0.15, 0.2) is 24.7 Å². The lowest BCUT2D eigenvalue weighted by Crippen LogP contribution is -2.35. The van der Waals surface area contributed by atoms with E-state index in [-0.39, 0.29) is 0 Å². The van der Waals surface area contributed by atoms with Crippen LogP contribution in [-0.4, -0.2) is 32.9 Å². The maximum atomic E-state index is 13.0. The Labute approximate surface area is 102 Å². The zero-order valence-electron chi connectivity index (χ0n) is 9.83. The van der Waals surface area contributed by atoms with E-state index in [0.717, 1.165) is 11.2 Å². The Bertz CT molecular complexity index is 596. The van der Waals surface area contributed by atoms with Gasteiger partial charge in [-0.3, -0.25) is 4.98 Å². The molecule has 0 saturated carbocycles. The maximum Gasteiger partial charge on any atom is 0.426 e. The van der Waals surface area contributed by atoms with Crippen LogP contribution in [0, 0.1) is 12.7 Å². The van der Waals surface area contributed by atoms with Crippen LogP contribution in [0.1, 0.15) is 5.82 Å². The Balaban J connectivity index is 2.43. The van der Waals surface area contributed by atoms with Crippen molar-refractivity contribution in [1.29, 1.82) is 0 Å². The number of pyridine rings is 1. The van der Waals surface area contributed by atoms with Crippen molar-refractivity contribution in [2.45, 2.75) is 6.92 Å². The molecule has 94 valence electrons. The van der Waals surface area contributed by atoms with Gasteiger partial charge in [0.1, 0.15) is 11.6 Å².